The van der Waals surface area contributed by atoms with Crippen LogP contribution in [0.25, 0.3) is 0 Å². The van der Waals surface area contributed by atoms with Gasteiger partial charge in [0, 0.05) is 11.3 Å². The van der Waals surface area contributed by atoms with E-state index in [1.54, 1.807) is 0 Å². The van der Waals surface area contributed by atoms with Crippen molar-refractivity contribution in [1.29, 1.82) is 0 Å². The molecule has 1 unspecified atom stereocenters. The minimum atomic E-state index is -0.491. The molecule has 0 bridgehead atoms. The van der Waals surface area contributed by atoms with Crippen molar-refractivity contribution < 1.29 is 8.78 Å². The number of halogens is 2. The number of rotatable bonds is 4. The maximum atomic E-state index is 13.6. The van der Waals surface area contributed by atoms with E-state index in [1.807, 2.05) is 20.8 Å². The maximum absolute atomic E-state index is 13.6. The Hall–Kier alpha value is -0.610. The standard InChI is InChI=1S/C12H17F2NS/c1-7(2)16-12-10(13)5-9(4-8(3)15)6-11(12)14/h5-8H,4,15H2,1-3H3. The summed E-state index contributed by atoms with van der Waals surface area (Å²) >= 11 is 1.20. The Kier molecular flexibility index (Phi) is 4.74. The maximum Gasteiger partial charge on any atom is 0.140 e. The zero-order valence-corrected chi connectivity index (χ0v) is 10.6. The summed E-state index contributed by atoms with van der Waals surface area (Å²) in [5.74, 6) is -0.983. The molecule has 0 amide bonds. The zero-order valence-electron chi connectivity index (χ0n) is 9.76. The van der Waals surface area contributed by atoms with Crippen LogP contribution < -0.4 is 5.73 Å². The van der Waals surface area contributed by atoms with Crippen LogP contribution in [0.15, 0.2) is 17.0 Å². The third-order valence-corrected chi connectivity index (χ3v) is 3.07. The first-order valence-corrected chi connectivity index (χ1v) is 6.18. The first-order valence-electron chi connectivity index (χ1n) is 5.30. The summed E-state index contributed by atoms with van der Waals surface area (Å²) < 4.78 is 27.2. The second-order valence-corrected chi connectivity index (χ2v) is 5.82. The molecule has 0 radical (unpaired) electrons. The molecule has 0 saturated heterocycles. The van der Waals surface area contributed by atoms with E-state index >= 15 is 0 Å². The molecule has 0 heterocycles. The molecule has 0 fully saturated rings. The van der Waals surface area contributed by atoms with Gasteiger partial charge < -0.3 is 5.73 Å². The molecule has 4 heteroatoms. The molecule has 1 rings (SSSR count). The van der Waals surface area contributed by atoms with E-state index in [-0.39, 0.29) is 16.2 Å². The van der Waals surface area contributed by atoms with Gasteiger partial charge in [-0.05, 0) is 31.0 Å². The second-order valence-electron chi connectivity index (χ2n) is 4.24. The summed E-state index contributed by atoms with van der Waals surface area (Å²) in [4.78, 5) is 0.100. The Balaban J connectivity index is 2.98. The molecule has 0 saturated carbocycles. The fourth-order valence-electron chi connectivity index (χ4n) is 1.45. The predicted molar refractivity (Wildman–Crippen MR) is 64.7 cm³/mol. The van der Waals surface area contributed by atoms with E-state index in [4.69, 9.17) is 5.73 Å². The highest BCUT2D eigenvalue weighted by Gasteiger charge is 2.13. The highest BCUT2D eigenvalue weighted by atomic mass is 32.2. The van der Waals surface area contributed by atoms with Crippen LogP contribution in [0.1, 0.15) is 26.3 Å². The predicted octanol–water partition coefficient (Wildman–Crippen LogP) is 3.36. The normalized spacial score (nSPS) is 13.2. The third-order valence-electron chi connectivity index (χ3n) is 1.97. The molecular formula is C12H17F2NS. The van der Waals surface area contributed by atoms with Gasteiger partial charge >= 0.3 is 0 Å². The molecule has 90 valence electrons. The van der Waals surface area contributed by atoms with Gasteiger partial charge in [-0.2, -0.15) is 0 Å². The van der Waals surface area contributed by atoms with Crippen LogP contribution in [0.5, 0.6) is 0 Å². The molecule has 0 aromatic heterocycles. The van der Waals surface area contributed by atoms with E-state index in [1.165, 1.54) is 23.9 Å². The third kappa shape index (κ3) is 3.76. The van der Waals surface area contributed by atoms with Gasteiger partial charge in [0.1, 0.15) is 11.6 Å². The molecular weight excluding hydrogens is 228 g/mol. The molecule has 0 aliphatic rings. The summed E-state index contributed by atoms with van der Waals surface area (Å²) in [5.41, 5.74) is 6.20. The number of hydrogen-bond acceptors (Lipinski definition) is 2. The molecule has 1 aromatic rings. The highest BCUT2D eigenvalue weighted by Crippen LogP contribution is 2.29. The van der Waals surface area contributed by atoms with Gasteiger partial charge in [0.2, 0.25) is 0 Å². The average molecular weight is 245 g/mol. The van der Waals surface area contributed by atoms with Crippen LogP contribution in [0.3, 0.4) is 0 Å². The summed E-state index contributed by atoms with van der Waals surface area (Å²) in [6.45, 7) is 5.62. The smallest absolute Gasteiger partial charge is 0.140 e. The molecule has 1 aromatic carbocycles. The lowest BCUT2D eigenvalue weighted by atomic mass is 10.1. The Labute approximate surface area is 99.4 Å². The monoisotopic (exact) mass is 245 g/mol. The van der Waals surface area contributed by atoms with Crippen LogP contribution in [0.2, 0.25) is 0 Å². The summed E-state index contributed by atoms with van der Waals surface area (Å²) in [5, 5.41) is 0.156. The zero-order chi connectivity index (χ0) is 12.3. The lowest BCUT2D eigenvalue weighted by Crippen LogP contribution is -2.18. The number of thioether (sulfide) groups is 1. The van der Waals surface area contributed by atoms with E-state index in [0.717, 1.165) is 0 Å². The average Bonchev–Trinajstić information content (AvgIpc) is 2.10. The van der Waals surface area contributed by atoms with Gasteiger partial charge in [0.15, 0.2) is 0 Å². The van der Waals surface area contributed by atoms with Crippen LogP contribution >= 0.6 is 11.8 Å². The minimum Gasteiger partial charge on any atom is -0.328 e. The largest absolute Gasteiger partial charge is 0.328 e. The fourth-order valence-corrected chi connectivity index (χ4v) is 2.26. The first-order chi connectivity index (χ1) is 7.40. The van der Waals surface area contributed by atoms with Crippen LogP contribution in [-0.2, 0) is 6.42 Å². The highest BCUT2D eigenvalue weighted by molar-refractivity contribution is 7.99. The molecule has 1 nitrogen and oxygen atoms in total. The summed E-state index contributed by atoms with van der Waals surface area (Å²) in [6, 6.07) is 2.65. The number of hydrogen-bond donors (Lipinski definition) is 1. The van der Waals surface area contributed by atoms with Gasteiger partial charge in [-0.15, -0.1) is 11.8 Å². The topological polar surface area (TPSA) is 26.0 Å². The first kappa shape index (κ1) is 13.5. The number of nitrogens with two attached hydrogens (primary N) is 1. The Morgan fingerprint density at radius 2 is 1.69 bits per heavy atom. The van der Waals surface area contributed by atoms with Gasteiger partial charge in [-0.1, -0.05) is 13.8 Å². The minimum absolute atomic E-state index is 0.0950. The van der Waals surface area contributed by atoms with Crippen molar-refractivity contribution in [2.24, 2.45) is 5.73 Å². The van der Waals surface area contributed by atoms with Crippen LogP contribution in [-0.4, -0.2) is 11.3 Å². The van der Waals surface area contributed by atoms with Gasteiger partial charge in [0.05, 0.1) is 4.90 Å². The van der Waals surface area contributed by atoms with E-state index in [2.05, 4.69) is 0 Å². The van der Waals surface area contributed by atoms with Crippen LogP contribution in [0.4, 0.5) is 8.78 Å². The molecule has 0 aliphatic heterocycles. The fraction of sp³-hybridized carbons (Fsp3) is 0.500. The van der Waals surface area contributed by atoms with Gasteiger partial charge in [-0.25, -0.2) is 8.78 Å². The van der Waals surface area contributed by atoms with E-state index < -0.39 is 11.6 Å². The molecule has 16 heavy (non-hydrogen) atoms. The van der Waals surface area contributed by atoms with Crippen LogP contribution in [0, 0.1) is 11.6 Å². The van der Waals surface area contributed by atoms with Crippen molar-refractivity contribution in [3.63, 3.8) is 0 Å². The lowest BCUT2D eigenvalue weighted by Gasteiger charge is -2.11. The quantitative estimate of drug-likeness (QED) is 0.823. The van der Waals surface area contributed by atoms with Crippen molar-refractivity contribution >= 4 is 11.8 Å². The Bertz CT molecular complexity index is 341. The number of benzene rings is 1. The SMILES string of the molecule is CC(N)Cc1cc(F)c(SC(C)C)c(F)c1. The second kappa shape index (κ2) is 5.64. The summed E-state index contributed by atoms with van der Waals surface area (Å²) in [6.07, 6.45) is 0.487. The Morgan fingerprint density at radius 1 is 1.19 bits per heavy atom. The summed E-state index contributed by atoms with van der Waals surface area (Å²) in [7, 11) is 0. The van der Waals surface area contributed by atoms with E-state index in [0.29, 0.717) is 12.0 Å². The van der Waals surface area contributed by atoms with Crippen molar-refractivity contribution in [3.05, 3.63) is 29.3 Å². The van der Waals surface area contributed by atoms with Crippen molar-refractivity contribution in [3.8, 4) is 0 Å². The van der Waals surface area contributed by atoms with Crippen molar-refractivity contribution in [1.82, 2.24) is 0 Å². The van der Waals surface area contributed by atoms with Gasteiger partial charge in [-0.3, -0.25) is 0 Å². The van der Waals surface area contributed by atoms with E-state index in [9.17, 15) is 8.78 Å². The van der Waals surface area contributed by atoms with Gasteiger partial charge in [0.25, 0.3) is 0 Å². The molecule has 2 N–H and O–H groups in total. The Morgan fingerprint density at radius 3 is 2.06 bits per heavy atom. The van der Waals surface area contributed by atoms with Crippen molar-refractivity contribution in [2.45, 2.75) is 43.4 Å². The molecule has 1 atom stereocenters. The van der Waals surface area contributed by atoms with Crippen molar-refractivity contribution in [2.75, 3.05) is 0 Å². The molecule has 0 spiro atoms. The molecule has 0 aliphatic carbocycles. The lowest BCUT2D eigenvalue weighted by molar-refractivity contribution is 0.535.